The van der Waals surface area contributed by atoms with Gasteiger partial charge in [0.15, 0.2) is 0 Å². The molecular weight excluding hydrogens is 202 g/mol. The van der Waals surface area contributed by atoms with E-state index in [1.54, 1.807) is 0 Å². The van der Waals surface area contributed by atoms with Gasteiger partial charge in [0, 0.05) is 13.7 Å². The monoisotopic (exact) mass is 229 g/mol. The summed E-state index contributed by atoms with van der Waals surface area (Å²) in [6, 6.07) is 0. The zero-order valence-electron chi connectivity index (χ0n) is 11.0. The van der Waals surface area contributed by atoms with E-state index in [9.17, 15) is 0 Å². The molecule has 0 spiro atoms. The third kappa shape index (κ3) is 4.81. The fourth-order valence-electron chi connectivity index (χ4n) is 2.31. The van der Waals surface area contributed by atoms with Crippen LogP contribution in [-0.2, 0) is 9.47 Å². The number of rotatable bonds is 7. The van der Waals surface area contributed by atoms with Crippen LogP contribution < -0.4 is 5.32 Å². The Morgan fingerprint density at radius 2 is 2.00 bits per heavy atom. The number of nitrogens with one attached hydrogen (secondary N) is 1. The molecule has 3 nitrogen and oxygen atoms in total. The molecule has 1 fully saturated rings. The van der Waals surface area contributed by atoms with E-state index in [4.69, 9.17) is 9.47 Å². The van der Waals surface area contributed by atoms with Crippen LogP contribution in [0.4, 0.5) is 0 Å². The minimum Gasteiger partial charge on any atom is -0.381 e. The van der Waals surface area contributed by atoms with E-state index < -0.39 is 0 Å². The molecule has 3 heteroatoms. The van der Waals surface area contributed by atoms with Gasteiger partial charge in [-0.2, -0.15) is 0 Å². The maximum atomic E-state index is 6.13. The van der Waals surface area contributed by atoms with E-state index in [1.807, 2.05) is 7.11 Å². The van der Waals surface area contributed by atoms with Crippen LogP contribution in [0.3, 0.4) is 0 Å². The first-order chi connectivity index (χ1) is 7.80. The number of likely N-dealkylation sites (N-methyl/N-ethyl adjacent to an activating group) is 1. The molecule has 0 aromatic heterocycles. The average molecular weight is 229 g/mol. The molecule has 96 valence electrons. The lowest BCUT2D eigenvalue weighted by atomic mass is 9.94. The summed E-state index contributed by atoms with van der Waals surface area (Å²) < 4.78 is 11.6. The normalized spacial score (nSPS) is 27.9. The lowest BCUT2D eigenvalue weighted by molar-refractivity contribution is -0.0647. The van der Waals surface area contributed by atoms with E-state index >= 15 is 0 Å². The van der Waals surface area contributed by atoms with E-state index in [-0.39, 0.29) is 0 Å². The van der Waals surface area contributed by atoms with E-state index in [0.717, 1.165) is 25.9 Å². The smallest absolute Gasteiger partial charge is 0.0700 e. The fraction of sp³-hybridized carbons (Fsp3) is 1.00. The van der Waals surface area contributed by atoms with Gasteiger partial charge in [-0.15, -0.1) is 0 Å². The van der Waals surface area contributed by atoms with Crippen LogP contribution in [0.5, 0.6) is 0 Å². The number of hydrogen-bond donors (Lipinski definition) is 1. The Labute approximate surface area is 99.9 Å². The fourth-order valence-corrected chi connectivity index (χ4v) is 2.31. The van der Waals surface area contributed by atoms with Crippen molar-refractivity contribution in [3.8, 4) is 0 Å². The van der Waals surface area contributed by atoms with Crippen LogP contribution in [0, 0.1) is 0 Å². The van der Waals surface area contributed by atoms with Crippen molar-refractivity contribution in [3.05, 3.63) is 0 Å². The van der Waals surface area contributed by atoms with Crippen LogP contribution in [0.1, 0.15) is 46.0 Å². The first kappa shape index (κ1) is 13.9. The minimum absolute atomic E-state index is 0.362. The van der Waals surface area contributed by atoms with Crippen molar-refractivity contribution in [2.24, 2.45) is 0 Å². The van der Waals surface area contributed by atoms with Gasteiger partial charge in [0.25, 0.3) is 0 Å². The van der Waals surface area contributed by atoms with Crippen LogP contribution in [0.2, 0.25) is 0 Å². The van der Waals surface area contributed by atoms with Gasteiger partial charge in [-0.25, -0.2) is 0 Å². The molecule has 1 N–H and O–H groups in total. The average Bonchev–Trinajstić information content (AvgIpc) is 2.34. The summed E-state index contributed by atoms with van der Waals surface area (Å²) >= 11 is 0. The molecule has 0 radical (unpaired) electrons. The van der Waals surface area contributed by atoms with Crippen LogP contribution in [0.25, 0.3) is 0 Å². The second-order valence-electron chi connectivity index (χ2n) is 4.62. The SMILES string of the molecule is CCNCC(CC)OC1CCCC(OC)C1. The highest BCUT2D eigenvalue weighted by molar-refractivity contribution is 4.75. The Kier molecular flexibility index (Phi) is 7.01. The van der Waals surface area contributed by atoms with Crippen molar-refractivity contribution in [1.29, 1.82) is 0 Å². The van der Waals surface area contributed by atoms with Crippen LogP contribution in [-0.4, -0.2) is 38.5 Å². The Bertz CT molecular complexity index is 175. The molecule has 1 aliphatic carbocycles. The standard InChI is InChI=1S/C13H27NO2/c1-4-11(10-14-5-2)16-13-8-6-7-12(9-13)15-3/h11-14H,4-10H2,1-3H3. The van der Waals surface area contributed by atoms with Gasteiger partial charge < -0.3 is 14.8 Å². The molecule has 0 aliphatic heterocycles. The predicted molar refractivity (Wildman–Crippen MR) is 66.8 cm³/mol. The topological polar surface area (TPSA) is 30.5 Å². The van der Waals surface area contributed by atoms with Gasteiger partial charge in [-0.1, -0.05) is 13.8 Å². The molecule has 0 heterocycles. The molecule has 3 unspecified atom stereocenters. The molecule has 1 aliphatic rings. The molecule has 0 saturated heterocycles. The summed E-state index contributed by atoms with van der Waals surface area (Å²) in [5.41, 5.74) is 0. The third-order valence-electron chi connectivity index (χ3n) is 3.37. The van der Waals surface area contributed by atoms with Crippen molar-refractivity contribution in [2.45, 2.75) is 64.3 Å². The summed E-state index contributed by atoms with van der Waals surface area (Å²) in [6.07, 6.45) is 6.96. The van der Waals surface area contributed by atoms with Crippen molar-refractivity contribution in [3.63, 3.8) is 0 Å². The zero-order chi connectivity index (χ0) is 11.8. The maximum Gasteiger partial charge on any atom is 0.0700 e. The Balaban J connectivity index is 2.27. The molecule has 0 aromatic rings. The van der Waals surface area contributed by atoms with E-state index in [0.29, 0.717) is 18.3 Å². The summed E-state index contributed by atoms with van der Waals surface area (Å²) in [4.78, 5) is 0. The lowest BCUT2D eigenvalue weighted by Crippen LogP contribution is -2.35. The Morgan fingerprint density at radius 1 is 1.25 bits per heavy atom. The Morgan fingerprint density at radius 3 is 2.62 bits per heavy atom. The van der Waals surface area contributed by atoms with E-state index in [2.05, 4.69) is 19.2 Å². The maximum absolute atomic E-state index is 6.13. The summed E-state index contributed by atoms with van der Waals surface area (Å²) in [6.45, 7) is 6.32. The summed E-state index contributed by atoms with van der Waals surface area (Å²) in [7, 11) is 1.81. The molecule has 0 aromatic carbocycles. The number of hydrogen-bond acceptors (Lipinski definition) is 3. The van der Waals surface area contributed by atoms with E-state index in [1.165, 1.54) is 19.3 Å². The highest BCUT2D eigenvalue weighted by atomic mass is 16.5. The molecule has 3 atom stereocenters. The van der Waals surface area contributed by atoms with Crippen molar-refractivity contribution in [1.82, 2.24) is 5.32 Å². The predicted octanol–water partition coefficient (Wildman–Crippen LogP) is 2.35. The van der Waals surface area contributed by atoms with Gasteiger partial charge in [0.2, 0.25) is 0 Å². The largest absolute Gasteiger partial charge is 0.381 e. The molecule has 1 rings (SSSR count). The van der Waals surface area contributed by atoms with Crippen molar-refractivity contribution >= 4 is 0 Å². The minimum atomic E-state index is 0.362. The van der Waals surface area contributed by atoms with Gasteiger partial charge >= 0.3 is 0 Å². The van der Waals surface area contributed by atoms with Crippen LogP contribution >= 0.6 is 0 Å². The molecule has 0 bridgehead atoms. The first-order valence-corrected chi connectivity index (χ1v) is 6.69. The van der Waals surface area contributed by atoms with Crippen molar-refractivity contribution in [2.75, 3.05) is 20.2 Å². The summed E-state index contributed by atoms with van der Waals surface area (Å²) in [5.74, 6) is 0. The number of ether oxygens (including phenoxy) is 2. The quantitative estimate of drug-likeness (QED) is 0.727. The third-order valence-corrected chi connectivity index (χ3v) is 3.37. The van der Waals surface area contributed by atoms with Gasteiger partial charge in [-0.3, -0.25) is 0 Å². The molecule has 0 amide bonds. The van der Waals surface area contributed by atoms with Crippen LogP contribution in [0.15, 0.2) is 0 Å². The molecule has 16 heavy (non-hydrogen) atoms. The number of methoxy groups -OCH3 is 1. The second kappa shape index (κ2) is 8.04. The van der Waals surface area contributed by atoms with Gasteiger partial charge in [0.1, 0.15) is 0 Å². The van der Waals surface area contributed by atoms with Crippen molar-refractivity contribution < 1.29 is 9.47 Å². The molecular formula is C13H27NO2. The van der Waals surface area contributed by atoms with Gasteiger partial charge in [-0.05, 0) is 38.6 Å². The van der Waals surface area contributed by atoms with Gasteiger partial charge in [0.05, 0.1) is 18.3 Å². The lowest BCUT2D eigenvalue weighted by Gasteiger charge is -2.31. The zero-order valence-corrected chi connectivity index (χ0v) is 11.0. The second-order valence-corrected chi connectivity index (χ2v) is 4.62. The highest BCUT2D eigenvalue weighted by Crippen LogP contribution is 2.24. The highest BCUT2D eigenvalue weighted by Gasteiger charge is 2.24. The molecule has 1 saturated carbocycles. The Hall–Kier alpha value is -0.120. The summed E-state index contributed by atoms with van der Waals surface area (Å²) in [5, 5.41) is 3.36. The first-order valence-electron chi connectivity index (χ1n) is 6.69.